The molecule has 4 nitrogen and oxygen atoms in total. The van der Waals surface area contributed by atoms with Gasteiger partial charge in [0, 0.05) is 28.6 Å². The van der Waals surface area contributed by atoms with Crippen LogP contribution in [0.3, 0.4) is 0 Å². The highest BCUT2D eigenvalue weighted by Gasteiger charge is 2.31. The van der Waals surface area contributed by atoms with Gasteiger partial charge in [0.25, 0.3) is 0 Å². The number of halogens is 1. The highest BCUT2D eigenvalue weighted by Crippen LogP contribution is 2.47. The van der Waals surface area contributed by atoms with Gasteiger partial charge in [-0.3, -0.25) is 10.1 Å². The highest BCUT2D eigenvalue weighted by atomic mass is 35.5. The maximum absolute atomic E-state index is 6.21. The lowest BCUT2D eigenvalue weighted by Gasteiger charge is -2.21. The minimum absolute atomic E-state index is 0.107. The van der Waals surface area contributed by atoms with Gasteiger partial charge in [-0.25, -0.2) is 0 Å². The Balaban J connectivity index is 1.91. The van der Waals surface area contributed by atoms with Gasteiger partial charge >= 0.3 is 0 Å². The van der Waals surface area contributed by atoms with Crippen LogP contribution in [0.5, 0.6) is 0 Å². The molecule has 2 N–H and O–H groups in total. The van der Waals surface area contributed by atoms with Crippen molar-refractivity contribution in [1.29, 1.82) is 0 Å². The number of fused-ring (bicyclic) bond motifs is 1. The largest absolute Gasteiger partial charge is 0.369 e. The van der Waals surface area contributed by atoms with Crippen LogP contribution in [0.1, 0.15) is 28.9 Å². The molecule has 0 amide bonds. The van der Waals surface area contributed by atoms with E-state index in [0.29, 0.717) is 10.3 Å². The van der Waals surface area contributed by atoms with Gasteiger partial charge in [0.2, 0.25) is 0 Å². The molecule has 1 aromatic carbocycles. The van der Waals surface area contributed by atoms with Crippen molar-refractivity contribution in [3.8, 4) is 11.4 Å². The molecule has 2 aromatic heterocycles. The SMILES string of the molecule is C=Cc1cc(Cl)ccc1C1SC(C)CNc2[nH]nc(-c3ccccn3)c21. The zero-order valence-corrected chi connectivity index (χ0v) is 15.9. The van der Waals surface area contributed by atoms with E-state index in [2.05, 4.69) is 40.1 Å². The lowest BCUT2D eigenvalue weighted by atomic mass is 9.97. The maximum atomic E-state index is 6.21. The number of rotatable bonds is 3. The zero-order valence-electron chi connectivity index (χ0n) is 14.4. The summed E-state index contributed by atoms with van der Waals surface area (Å²) in [5, 5.41) is 12.5. The second-order valence-corrected chi connectivity index (χ2v) is 8.25. The molecule has 0 saturated heterocycles. The number of thioether (sulfide) groups is 1. The van der Waals surface area contributed by atoms with Crippen molar-refractivity contribution >= 4 is 35.3 Å². The molecule has 0 saturated carbocycles. The molecule has 0 radical (unpaired) electrons. The Labute approximate surface area is 162 Å². The van der Waals surface area contributed by atoms with E-state index in [-0.39, 0.29) is 5.25 Å². The van der Waals surface area contributed by atoms with Gasteiger partial charge in [0.1, 0.15) is 11.5 Å². The summed E-state index contributed by atoms with van der Waals surface area (Å²) >= 11 is 8.12. The Morgan fingerprint density at radius 3 is 2.96 bits per heavy atom. The van der Waals surface area contributed by atoms with Crippen LogP contribution >= 0.6 is 23.4 Å². The molecule has 4 rings (SSSR count). The van der Waals surface area contributed by atoms with Crippen LogP contribution in [-0.2, 0) is 0 Å². The molecule has 0 spiro atoms. The number of pyridine rings is 1. The zero-order chi connectivity index (χ0) is 18.1. The van der Waals surface area contributed by atoms with Gasteiger partial charge in [-0.05, 0) is 35.4 Å². The minimum Gasteiger partial charge on any atom is -0.369 e. The fourth-order valence-electron chi connectivity index (χ4n) is 3.22. The molecule has 26 heavy (non-hydrogen) atoms. The van der Waals surface area contributed by atoms with E-state index < -0.39 is 0 Å². The summed E-state index contributed by atoms with van der Waals surface area (Å²) in [6, 6.07) is 11.9. The van der Waals surface area contributed by atoms with Crippen LogP contribution in [0.15, 0.2) is 49.2 Å². The van der Waals surface area contributed by atoms with Gasteiger partial charge in [0.05, 0.1) is 10.9 Å². The van der Waals surface area contributed by atoms with Crippen molar-refractivity contribution in [2.45, 2.75) is 17.4 Å². The number of H-pyrrole nitrogens is 1. The first-order valence-electron chi connectivity index (χ1n) is 8.48. The van der Waals surface area contributed by atoms with Gasteiger partial charge in [-0.2, -0.15) is 5.10 Å². The number of nitrogens with zero attached hydrogens (tertiary/aromatic N) is 2. The molecule has 1 aliphatic rings. The number of nitrogens with one attached hydrogen (secondary N) is 2. The molecular weight excluding hydrogens is 364 g/mol. The van der Waals surface area contributed by atoms with Gasteiger partial charge in [0.15, 0.2) is 0 Å². The van der Waals surface area contributed by atoms with E-state index in [1.807, 2.05) is 48.2 Å². The van der Waals surface area contributed by atoms with E-state index >= 15 is 0 Å². The van der Waals surface area contributed by atoms with Crippen molar-refractivity contribution in [3.63, 3.8) is 0 Å². The fourth-order valence-corrected chi connectivity index (χ4v) is 4.77. The average Bonchev–Trinajstić information content (AvgIpc) is 3.02. The van der Waals surface area contributed by atoms with E-state index in [1.165, 1.54) is 5.56 Å². The van der Waals surface area contributed by atoms with Crippen LogP contribution in [0.2, 0.25) is 5.02 Å². The number of aromatic amines is 1. The average molecular weight is 383 g/mol. The van der Waals surface area contributed by atoms with Gasteiger partial charge in [-0.1, -0.05) is 43.3 Å². The molecule has 3 heterocycles. The molecule has 2 atom stereocenters. The minimum atomic E-state index is 0.107. The van der Waals surface area contributed by atoms with E-state index in [1.54, 1.807) is 6.20 Å². The first kappa shape index (κ1) is 17.2. The third-order valence-corrected chi connectivity index (χ3v) is 6.09. The van der Waals surface area contributed by atoms with E-state index in [0.717, 1.165) is 34.9 Å². The number of benzene rings is 1. The first-order chi connectivity index (χ1) is 12.7. The predicted molar refractivity (Wildman–Crippen MR) is 111 cm³/mol. The Kier molecular flexibility index (Phi) is 4.74. The number of hydrogen-bond acceptors (Lipinski definition) is 4. The normalized spacial score (nSPS) is 19.3. The predicted octanol–water partition coefficient (Wildman–Crippen LogP) is 5.40. The van der Waals surface area contributed by atoms with Crippen LogP contribution in [0, 0.1) is 0 Å². The summed E-state index contributed by atoms with van der Waals surface area (Å²) in [4.78, 5) is 4.50. The van der Waals surface area contributed by atoms with Crippen LogP contribution in [-0.4, -0.2) is 27.0 Å². The summed E-state index contributed by atoms with van der Waals surface area (Å²) < 4.78 is 0. The van der Waals surface area contributed by atoms with Crippen molar-refractivity contribution in [3.05, 3.63) is 70.9 Å². The summed E-state index contributed by atoms with van der Waals surface area (Å²) in [7, 11) is 0. The number of hydrogen-bond donors (Lipinski definition) is 2. The van der Waals surface area contributed by atoms with Crippen LogP contribution in [0.25, 0.3) is 17.5 Å². The number of aromatic nitrogens is 3. The van der Waals surface area contributed by atoms with Crippen molar-refractivity contribution in [1.82, 2.24) is 15.2 Å². The smallest absolute Gasteiger partial charge is 0.126 e. The molecular formula is C20H19ClN4S. The molecule has 3 aromatic rings. The topological polar surface area (TPSA) is 53.6 Å². The Morgan fingerprint density at radius 2 is 2.19 bits per heavy atom. The van der Waals surface area contributed by atoms with Gasteiger partial charge in [-0.15, -0.1) is 11.8 Å². The van der Waals surface area contributed by atoms with E-state index in [4.69, 9.17) is 11.6 Å². The lowest BCUT2D eigenvalue weighted by Crippen LogP contribution is -2.11. The summed E-state index contributed by atoms with van der Waals surface area (Å²) in [5.41, 5.74) is 5.10. The van der Waals surface area contributed by atoms with Crippen molar-refractivity contribution in [2.75, 3.05) is 11.9 Å². The summed E-state index contributed by atoms with van der Waals surface area (Å²) in [5.74, 6) is 0.956. The lowest BCUT2D eigenvalue weighted by molar-refractivity contribution is 0.981. The van der Waals surface area contributed by atoms with Crippen molar-refractivity contribution < 1.29 is 0 Å². The number of anilines is 1. The van der Waals surface area contributed by atoms with E-state index in [9.17, 15) is 0 Å². The molecule has 0 aliphatic carbocycles. The maximum Gasteiger partial charge on any atom is 0.126 e. The first-order valence-corrected chi connectivity index (χ1v) is 9.80. The monoisotopic (exact) mass is 382 g/mol. The molecule has 0 fully saturated rings. The fraction of sp³-hybridized carbons (Fsp3) is 0.200. The standard InChI is InChI=1S/C20H19ClN4S/c1-3-13-10-14(21)7-8-15(13)19-17-18(16-6-4-5-9-22-16)24-25-20(17)23-11-12(2)26-19/h3-10,12,19H,1,11H2,2H3,(H2,23,24,25). The third kappa shape index (κ3) is 3.13. The summed E-state index contributed by atoms with van der Waals surface area (Å²) in [6.45, 7) is 7.08. The summed E-state index contributed by atoms with van der Waals surface area (Å²) in [6.07, 6.45) is 3.66. The van der Waals surface area contributed by atoms with Gasteiger partial charge < -0.3 is 5.32 Å². The Bertz CT molecular complexity index is 938. The molecule has 132 valence electrons. The Hall–Kier alpha value is -2.24. The molecule has 0 bridgehead atoms. The second kappa shape index (κ2) is 7.17. The molecule has 1 aliphatic heterocycles. The highest BCUT2D eigenvalue weighted by molar-refractivity contribution is 8.00. The van der Waals surface area contributed by atoms with Crippen molar-refractivity contribution in [2.24, 2.45) is 0 Å². The van der Waals surface area contributed by atoms with Crippen LogP contribution < -0.4 is 5.32 Å². The molecule has 6 heteroatoms. The second-order valence-electron chi connectivity index (χ2n) is 6.26. The quantitative estimate of drug-likeness (QED) is 0.636. The molecule has 2 unspecified atom stereocenters. The Morgan fingerprint density at radius 1 is 1.31 bits per heavy atom. The third-order valence-electron chi connectivity index (χ3n) is 4.46. The van der Waals surface area contributed by atoms with Crippen LogP contribution in [0.4, 0.5) is 5.82 Å².